The van der Waals surface area contributed by atoms with Crippen LogP contribution >= 0.6 is 10.7 Å². The van der Waals surface area contributed by atoms with Crippen molar-refractivity contribution < 1.29 is 13.2 Å². The van der Waals surface area contributed by atoms with Crippen molar-refractivity contribution in [3.05, 3.63) is 0 Å². The summed E-state index contributed by atoms with van der Waals surface area (Å²) in [7, 11) is 1.28. The quantitative estimate of drug-likeness (QED) is 0.557. The second-order valence-corrected chi connectivity index (χ2v) is 7.45. The van der Waals surface area contributed by atoms with Gasteiger partial charge in [-0.05, 0) is 11.3 Å². The van der Waals surface area contributed by atoms with Gasteiger partial charge < -0.3 is 0 Å². The van der Waals surface area contributed by atoms with Crippen LogP contribution in [-0.4, -0.2) is 24.7 Å². The van der Waals surface area contributed by atoms with E-state index in [1.165, 1.54) is 0 Å². The highest BCUT2D eigenvalue weighted by Gasteiger charge is 2.48. The smallest absolute Gasteiger partial charge is 0.274 e. The van der Waals surface area contributed by atoms with Gasteiger partial charge in [-0.15, -0.1) is 0 Å². The maximum absolute atomic E-state index is 11.2. The summed E-state index contributed by atoms with van der Waals surface area (Å²) >= 11 is 0. The van der Waals surface area contributed by atoms with E-state index in [0.717, 1.165) is 4.31 Å². The van der Waals surface area contributed by atoms with Crippen LogP contribution in [0.3, 0.4) is 0 Å². The van der Waals surface area contributed by atoms with E-state index in [4.69, 9.17) is 10.7 Å². The molecule has 1 saturated heterocycles. The molecule has 2 unspecified atom stereocenters. The van der Waals surface area contributed by atoms with Crippen LogP contribution in [0.5, 0.6) is 0 Å². The Morgan fingerprint density at radius 1 is 1.47 bits per heavy atom. The molecule has 1 rings (SSSR count). The molecule has 0 saturated carbocycles. The first-order valence-corrected chi connectivity index (χ1v) is 7.08. The van der Waals surface area contributed by atoms with Crippen molar-refractivity contribution in [2.45, 2.75) is 40.2 Å². The largest absolute Gasteiger partial charge is 0.324 e. The average molecular weight is 254 g/mol. The number of amides is 1. The molecular formula is C9H16ClNO3S. The van der Waals surface area contributed by atoms with Gasteiger partial charge in [0, 0.05) is 17.1 Å². The number of β-lactam (4-membered cyclic amide) rings is 1. The lowest BCUT2D eigenvalue weighted by Gasteiger charge is -2.45. The molecule has 15 heavy (non-hydrogen) atoms. The zero-order valence-electron chi connectivity index (χ0n) is 9.32. The summed E-state index contributed by atoms with van der Waals surface area (Å²) in [5.41, 5.74) is -0.0504. The number of hydrogen-bond acceptors (Lipinski definition) is 3. The fraction of sp³-hybridized carbons (Fsp3) is 0.889. The van der Waals surface area contributed by atoms with Crippen LogP contribution in [-0.2, 0) is 14.0 Å². The van der Waals surface area contributed by atoms with Gasteiger partial charge in [0.2, 0.25) is 5.91 Å². The van der Waals surface area contributed by atoms with Crippen molar-refractivity contribution in [3.63, 3.8) is 0 Å². The molecule has 6 heteroatoms. The Morgan fingerprint density at radius 2 is 1.93 bits per heavy atom. The minimum Gasteiger partial charge on any atom is -0.274 e. The highest BCUT2D eigenvalue weighted by molar-refractivity contribution is 8.12. The average Bonchev–Trinajstić information content (AvgIpc) is 1.92. The number of halogens is 1. The van der Waals surface area contributed by atoms with Crippen molar-refractivity contribution in [1.82, 2.24) is 4.31 Å². The van der Waals surface area contributed by atoms with Gasteiger partial charge in [-0.2, -0.15) is 8.42 Å². The lowest BCUT2D eigenvalue weighted by atomic mass is 9.74. The van der Waals surface area contributed by atoms with Crippen LogP contribution in [0, 0.1) is 11.3 Å². The van der Waals surface area contributed by atoms with Crippen LogP contribution in [0.2, 0.25) is 0 Å². The molecule has 0 spiro atoms. The predicted octanol–water partition coefficient (Wildman–Crippen LogP) is 1.75. The first kappa shape index (κ1) is 12.8. The predicted molar refractivity (Wildman–Crippen MR) is 58.6 cm³/mol. The lowest BCUT2D eigenvalue weighted by molar-refractivity contribution is -0.140. The molecule has 1 aliphatic rings. The number of nitrogens with zero attached hydrogens (tertiary/aromatic N) is 1. The fourth-order valence-electron chi connectivity index (χ4n) is 1.66. The number of hydrogen-bond donors (Lipinski definition) is 0. The Morgan fingerprint density at radius 3 is 2.20 bits per heavy atom. The molecule has 0 bridgehead atoms. The summed E-state index contributed by atoms with van der Waals surface area (Å²) in [6, 6.07) is -0.292. The Balaban J connectivity index is 2.88. The molecule has 0 N–H and O–H groups in total. The molecule has 88 valence electrons. The summed E-state index contributed by atoms with van der Waals surface area (Å²) in [5.74, 6) is -0.324. The van der Waals surface area contributed by atoms with E-state index in [1.807, 2.05) is 27.7 Å². The van der Waals surface area contributed by atoms with E-state index >= 15 is 0 Å². The monoisotopic (exact) mass is 253 g/mol. The molecular weight excluding hydrogens is 238 g/mol. The third kappa shape index (κ3) is 2.45. The first-order valence-electron chi connectivity index (χ1n) is 4.82. The first-order chi connectivity index (χ1) is 6.55. The van der Waals surface area contributed by atoms with E-state index < -0.39 is 15.1 Å². The third-order valence-corrected chi connectivity index (χ3v) is 4.50. The Kier molecular flexibility index (Phi) is 3.09. The Labute approximate surface area is 95.1 Å². The van der Waals surface area contributed by atoms with Gasteiger partial charge in [-0.25, -0.2) is 4.31 Å². The van der Waals surface area contributed by atoms with Crippen LogP contribution < -0.4 is 0 Å². The highest BCUT2D eigenvalue weighted by Crippen LogP contribution is 2.39. The summed E-state index contributed by atoms with van der Waals surface area (Å²) in [6.07, 6.45) is 0.268. The summed E-state index contributed by atoms with van der Waals surface area (Å²) in [5, 5.41) is 0. The van der Waals surface area contributed by atoms with Gasteiger partial charge in [0.1, 0.15) is 0 Å². The zero-order valence-corrected chi connectivity index (χ0v) is 10.9. The topological polar surface area (TPSA) is 54.5 Å². The van der Waals surface area contributed by atoms with Gasteiger partial charge in [-0.1, -0.05) is 27.7 Å². The fourth-order valence-corrected chi connectivity index (χ4v) is 3.10. The number of carbonyl (C=O) groups excluding carboxylic acids is 1. The maximum atomic E-state index is 11.2. The van der Waals surface area contributed by atoms with Crippen molar-refractivity contribution in [2.75, 3.05) is 0 Å². The van der Waals surface area contributed by atoms with E-state index in [-0.39, 0.29) is 23.8 Å². The number of carbonyl (C=O) groups is 1. The second kappa shape index (κ2) is 3.63. The van der Waals surface area contributed by atoms with Gasteiger partial charge >= 0.3 is 9.24 Å². The normalized spacial score (nSPS) is 25.0. The molecule has 1 aliphatic heterocycles. The summed E-state index contributed by atoms with van der Waals surface area (Å²) < 4.78 is 23.1. The van der Waals surface area contributed by atoms with Gasteiger partial charge in [-0.3, -0.25) is 4.79 Å². The Hall–Kier alpha value is -0.290. The Bertz CT molecular complexity index is 371. The molecule has 0 aliphatic carbocycles. The lowest BCUT2D eigenvalue weighted by Crippen LogP contribution is -2.58. The van der Waals surface area contributed by atoms with E-state index in [9.17, 15) is 13.2 Å². The van der Waals surface area contributed by atoms with Gasteiger partial charge in [0.15, 0.2) is 0 Å². The molecule has 1 fully saturated rings. The number of rotatable bonds is 2. The van der Waals surface area contributed by atoms with Crippen LogP contribution in [0.4, 0.5) is 0 Å². The molecule has 0 radical (unpaired) electrons. The van der Waals surface area contributed by atoms with Gasteiger partial charge in [0.05, 0.1) is 6.04 Å². The van der Waals surface area contributed by atoms with Crippen LogP contribution in [0.1, 0.15) is 34.1 Å². The summed E-state index contributed by atoms with van der Waals surface area (Å²) in [6.45, 7) is 7.98. The SMILES string of the molecule is CC(C1CC(=O)N1S(=O)(=O)Cl)C(C)(C)C. The zero-order chi connectivity index (χ0) is 12.0. The van der Waals surface area contributed by atoms with Crippen LogP contribution in [0.15, 0.2) is 0 Å². The molecule has 0 aromatic heterocycles. The molecule has 2 atom stereocenters. The maximum Gasteiger partial charge on any atom is 0.324 e. The summed E-state index contributed by atoms with van der Waals surface area (Å²) in [4.78, 5) is 11.2. The third-order valence-electron chi connectivity index (χ3n) is 3.11. The second-order valence-electron chi connectivity index (χ2n) is 5.06. The molecule has 0 aromatic rings. The van der Waals surface area contributed by atoms with Crippen molar-refractivity contribution in [3.8, 4) is 0 Å². The van der Waals surface area contributed by atoms with E-state index in [2.05, 4.69) is 0 Å². The highest BCUT2D eigenvalue weighted by atomic mass is 35.7. The van der Waals surface area contributed by atoms with E-state index in [0.29, 0.717) is 0 Å². The minimum absolute atomic E-state index is 0.0504. The molecule has 0 aromatic carbocycles. The van der Waals surface area contributed by atoms with E-state index in [1.54, 1.807) is 0 Å². The standard InChI is InChI=1S/C9H16ClNO3S/c1-6(9(2,3)4)7-5-8(12)11(7)15(10,13)14/h6-7H,5H2,1-4H3. The minimum atomic E-state index is -3.91. The van der Waals surface area contributed by atoms with Crippen LogP contribution in [0.25, 0.3) is 0 Å². The molecule has 1 amide bonds. The van der Waals surface area contributed by atoms with Crippen molar-refractivity contribution in [2.24, 2.45) is 11.3 Å². The van der Waals surface area contributed by atoms with Gasteiger partial charge in [0.25, 0.3) is 0 Å². The van der Waals surface area contributed by atoms with Crippen molar-refractivity contribution >= 4 is 25.8 Å². The van der Waals surface area contributed by atoms with Crippen molar-refractivity contribution in [1.29, 1.82) is 0 Å². The molecule has 1 heterocycles. The molecule has 4 nitrogen and oxygen atoms in total.